The lowest BCUT2D eigenvalue weighted by atomic mass is 9.94. The molecular weight excluding hydrogens is 166 g/mol. The molecule has 3 nitrogen and oxygen atoms in total. The van der Waals surface area contributed by atoms with Gasteiger partial charge in [-0.05, 0) is 19.3 Å². The van der Waals surface area contributed by atoms with Crippen LogP contribution in [0.2, 0.25) is 0 Å². The van der Waals surface area contributed by atoms with E-state index in [1.165, 1.54) is 0 Å². The van der Waals surface area contributed by atoms with Gasteiger partial charge in [-0.1, -0.05) is 6.92 Å². The highest BCUT2D eigenvalue weighted by Crippen LogP contribution is 2.14. The number of nitrogens with one attached hydrogen (secondary N) is 1. The van der Waals surface area contributed by atoms with Gasteiger partial charge in [-0.25, -0.2) is 0 Å². The van der Waals surface area contributed by atoms with E-state index in [0.29, 0.717) is 25.0 Å². The Balaban J connectivity index is 2.22. The average molecular weight is 183 g/mol. The molecule has 0 aromatic heterocycles. The van der Waals surface area contributed by atoms with Crippen LogP contribution in [0.3, 0.4) is 0 Å². The van der Waals surface area contributed by atoms with Crippen LogP contribution in [0.5, 0.6) is 0 Å². The van der Waals surface area contributed by atoms with Gasteiger partial charge in [0.05, 0.1) is 0 Å². The first-order valence-electron chi connectivity index (χ1n) is 5.03. The Labute approximate surface area is 78.9 Å². The first kappa shape index (κ1) is 10.2. The normalized spacial score (nSPS) is 18.7. The number of amides is 1. The van der Waals surface area contributed by atoms with Gasteiger partial charge in [-0.2, -0.15) is 0 Å². The molecule has 0 aliphatic heterocycles. The van der Waals surface area contributed by atoms with Crippen molar-refractivity contribution >= 4 is 11.7 Å². The summed E-state index contributed by atoms with van der Waals surface area (Å²) < 4.78 is 0. The molecule has 0 bridgehead atoms. The van der Waals surface area contributed by atoms with Crippen molar-refractivity contribution < 1.29 is 9.59 Å². The third-order valence-corrected chi connectivity index (χ3v) is 2.39. The van der Waals surface area contributed by atoms with Gasteiger partial charge in [0.25, 0.3) is 0 Å². The Morgan fingerprint density at radius 3 is 2.62 bits per heavy atom. The van der Waals surface area contributed by atoms with Crippen LogP contribution in [0.15, 0.2) is 0 Å². The van der Waals surface area contributed by atoms with Crippen molar-refractivity contribution in [1.29, 1.82) is 0 Å². The van der Waals surface area contributed by atoms with Crippen LogP contribution in [0, 0.1) is 0 Å². The van der Waals surface area contributed by atoms with Gasteiger partial charge in [-0.15, -0.1) is 0 Å². The molecule has 74 valence electrons. The van der Waals surface area contributed by atoms with Gasteiger partial charge in [0.1, 0.15) is 5.78 Å². The number of hydrogen-bond donors (Lipinski definition) is 1. The van der Waals surface area contributed by atoms with Crippen LogP contribution in [0.4, 0.5) is 0 Å². The Kier molecular flexibility index (Phi) is 3.93. The van der Waals surface area contributed by atoms with E-state index in [-0.39, 0.29) is 11.9 Å². The second-order valence-electron chi connectivity index (χ2n) is 3.63. The molecule has 0 heterocycles. The van der Waals surface area contributed by atoms with Crippen LogP contribution in [-0.2, 0) is 9.59 Å². The molecule has 1 N–H and O–H groups in total. The maximum atomic E-state index is 11.2. The zero-order valence-electron chi connectivity index (χ0n) is 8.14. The van der Waals surface area contributed by atoms with Gasteiger partial charge in [0.15, 0.2) is 0 Å². The van der Waals surface area contributed by atoms with E-state index in [1.807, 2.05) is 6.92 Å². The largest absolute Gasteiger partial charge is 0.353 e. The van der Waals surface area contributed by atoms with Crippen LogP contribution < -0.4 is 5.32 Å². The van der Waals surface area contributed by atoms with E-state index >= 15 is 0 Å². The summed E-state index contributed by atoms with van der Waals surface area (Å²) in [5.74, 6) is 0.461. The minimum atomic E-state index is 0.127. The molecule has 1 rings (SSSR count). The Morgan fingerprint density at radius 1 is 1.46 bits per heavy atom. The van der Waals surface area contributed by atoms with Crippen molar-refractivity contribution in [3.8, 4) is 0 Å². The van der Waals surface area contributed by atoms with E-state index < -0.39 is 0 Å². The van der Waals surface area contributed by atoms with Gasteiger partial charge < -0.3 is 5.32 Å². The fourth-order valence-electron chi connectivity index (χ4n) is 1.61. The second kappa shape index (κ2) is 5.00. The van der Waals surface area contributed by atoms with Gasteiger partial charge >= 0.3 is 0 Å². The zero-order chi connectivity index (χ0) is 9.68. The Morgan fingerprint density at radius 2 is 2.08 bits per heavy atom. The highest BCUT2D eigenvalue weighted by Gasteiger charge is 2.19. The maximum absolute atomic E-state index is 11.2. The highest BCUT2D eigenvalue weighted by molar-refractivity contribution is 5.80. The number of carbonyl (C=O) groups excluding carboxylic acids is 2. The predicted molar refractivity (Wildman–Crippen MR) is 50.3 cm³/mol. The van der Waals surface area contributed by atoms with Crippen molar-refractivity contribution in [2.45, 2.75) is 51.5 Å². The molecule has 0 spiro atoms. The molecule has 0 aromatic carbocycles. The molecule has 0 aromatic rings. The lowest BCUT2D eigenvalue weighted by molar-refractivity contribution is -0.124. The first-order valence-corrected chi connectivity index (χ1v) is 5.03. The molecule has 1 fully saturated rings. The average Bonchev–Trinajstić information content (AvgIpc) is 2.09. The molecule has 0 saturated heterocycles. The number of carbonyl (C=O) groups is 2. The number of ketones is 1. The van der Waals surface area contributed by atoms with Crippen molar-refractivity contribution in [3.05, 3.63) is 0 Å². The van der Waals surface area contributed by atoms with Crippen molar-refractivity contribution in [2.75, 3.05) is 0 Å². The van der Waals surface area contributed by atoms with E-state index in [4.69, 9.17) is 0 Å². The molecule has 1 amide bonds. The molecule has 0 radical (unpaired) electrons. The molecule has 0 unspecified atom stereocenters. The second-order valence-corrected chi connectivity index (χ2v) is 3.63. The maximum Gasteiger partial charge on any atom is 0.220 e. The topological polar surface area (TPSA) is 46.2 Å². The van der Waals surface area contributed by atoms with Gasteiger partial charge in [-0.3, -0.25) is 9.59 Å². The van der Waals surface area contributed by atoms with Crippen LogP contribution >= 0.6 is 0 Å². The quantitative estimate of drug-likeness (QED) is 0.719. The van der Waals surface area contributed by atoms with Crippen molar-refractivity contribution in [2.24, 2.45) is 0 Å². The summed E-state index contributed by atoms with van der Waals surface area (Å²) in [5.41, 5.74) is 0. The Bertz CT molecular complexity index is 191. The molecule has 13 heavy (non-hydrogen) atoms. The van der Waals surface area contributed by atoms with Gasteiger partial charge in [0.2, 0.25) is 5.91 Å². The summed E-state index contributed by atoms with van der Waals surface area (Å²) in [5, 5.41) is 2.95. The van der Waals surface area contributed by atoms with E-state index in [0.717, 1.165) is 19.3 Å². The standard InChI is InChI=1S/C10H17NO2/c1-2-3-10(13)11-8-4-6-9(12)7-5-8/h8H,2-7H2,1H3,(H,11,13). The smallest absolute Gasteiger partial charge is 0.220 e. The minimum absolute atomic E-state index is 0.127. The van der Waals surface area contributed by atoms with Crippen LogP contribution in [0.1, 0.15) is 45.4 Å². The van der Waals surface area contributed by atoms with Crippen LogP contribution in [-0.4, -0.2) is 17.7 Å². The summed E-state index contributed by atoms with van der Waals surface area (Å²) in [4.78, 5) is 22.1. The van der Waals surface area contributed by atoms with E-state index in [1.54, 1.807) is 0 Å². The first-order chi connectivity index (χ1) is 6.22. The summed E-state index contributed by atoms with van der Waals surface area (Å²) in [6.45, 7) is 1.99. The monoisotopic (exact) mass is 183 g/mol. The highest BCUT2D eigenvalue weighted by atomic mass is 16.1. The number of rotatable bonds is 3. The van der Waals surface area contributed by atoms with E-state index in [9.17, 15) is 9.59 Å². The fourth-order valence-corrected chi connectivity index (χ4v) is 1.61. The lowest BCUT2D eigenvalue weighted by Gasteiger charge is -2.21. The SMILES string of the molecule is CCCC(=O)NC1CCC(=O)CC1. The predicted octanol–water partition coefficient (Wildman–Crippen LogP) is 1.41. The molecule has 1 aliphatic rings. The molecule has 0 atom stereocenters. The summed E-state index contributed by atoms with van der Waals surface area (Å²) in [6.07, 6.45) is 4.42. The van der Waals surface area contributed by atoms with Crippen molar-refractivity contribution in [1.82, 2.24) is 5.32 Å². The molecular formula is C10H17NO2. The summed E-state index contributed by atoms with van der Waals surface area (Å²) >= 11 is 0. The molecule has 3 heteroatoms. The summed E-state index contributed by atoms with van der Waals surface area (Å²) in [7, 11) is 0. The summed E-state index contributed by atoms with van der Waals surface area (Å²) in [6, 6.07) is 0.247. The third kappa shape index (κ3) is 3.57. The van der Waals surface area contributed by atoms with Gasteiger partial charge in [0, 0.05) is 25.3 Å². The lowest BCUT2D eigenvalue weighted by Crippen LogP contribution is -2.37. The number of hydrogen-bond acceptors (Lipinski definition) is 2. The minimum Gasteiger partial charge on any atom is -0.353 e. The number of Topliss-reactive ketones (excluding diaryl/α,β-unsaturated/α-hetero) is 1. The molecule has 1 aliphatic carbocycles. The Hall–Kier alpha value is -0.860. The zero-order valence-corrected chi connectivity index (χ0v) is 8.14. The fraction of sp³-hybridized carbons (Fsp3) is 0.800. The van der Waals surface area contributed by atoms with E-state index in [2.05, 4.69) is 5.32 Å². The van der Waals surface area contributed by atoms with Crippen LogP contribution in [0.25, 0.3) is 0 Å². The molecule has 1 saturated carbocycles. The van der Waals surface area contributed by atoms with Crippen molar-refractivity contribution in [3.63, 3.8) is 0 Å². The third-order valence-electron chi connectivity index (χ3n) is 2.39.